The third kappa shape index (κ3) is 4.16. The Morgan fingerprint density at radius 1 is 1.28 bits per heavy atom. The van der Waals surface area contributed by atoms with Crippen LogP contribution in [0.25, 0.3) is 0 Å². The average Bonchev–Trinajstić information content (AvgIpc) is 3.35. The molecule has 1 saturated heterocycles. The van der Waals surface area contributed by atoms with E-state index in [0.29, 0.717) is 26.2 Å². The van der Waals surface area contributed by atoms with Gasteiger partial charge in [-0.05, 0) is 19.4 Å². The molecule has 8 nitrogen and oxygen atoms in total. The minimum atomic E-state index is -0.116. The summed E-state index contributed by atoms with van der Waals surface area (Å²) in [5, 5.41) is 4.38. The standard InChI is InChI=1S/C21H28N6O2/c1-14(11-27-9-4-15(2)24-27)21(29)26-7-5-17(12-26)20-22-10-18-13-25(16(3)28)8-6-19(18)23-20/h4,9-10,14,17H,5-8,11-13H2,1-3H3/t14-,17-/m1/s1. The van der Waals surface area contributed by atoms with Gasteiger partial charge in [-0.1, -0.05) is 6.92 Å². The Kier molecular flexibility index (Phi) is 5.34. The van der Waals surface area contributed by atoms with Gasteiger partial charge in [0, 0.05) is 63.4 Å². The largest absolute Gasteiger partial charge is 0.342 e. The van der Waals surface area contributed by atoms with Crippen LogP contribution in [0.4, 0.5) is 0 Å². The number of aromatic nitrogens is 4. The highest BCUT2D eigenvalue weighted by atomic mass is 16.2. The molecule has 0 saturated carbocycles. The van der Waals surface area contributed by atoms with Crippen LogP contribution in [0, 0.1) is 12.8 Å². The summed E-state index contributed by atoms with van der Waals surface area (Å²) in [4.78, 5) is 37.6. The number of nitrogens with zero attached hydrogens (tertiary/aromatic N) is 6. The van der Waals surface area contributed by atoms with Gasteiger partial charge in [0.05, 0.1) is 23.9 Å². The topological polar surface area (TPSA) is 84.2 Å². The van der Waals surface area contributed by atoms with Crippen LogP contribution in [0.5, 0.6) is 0 Å². The van der Waals surface area contributed by atoms with Crippen LogP contribution in [-0.2, 0) is 29.1 Å². The van der Waals surface area contributed by atoms with Crippen molar-refractivity contribution in [3.8, 4) is 0 Å². The lowest BCUT2D eigenvalue weighted by Crippen LogP contribution is -2.35. The summed E-state index contributed by atoms with van der Waals surface area (Å²) in [5.74, 6) is 1.13. The zero-order valence-corrected chi connectivity index (χ0v) is 17.3. The Hall–Kier alpha value is -2.77. The molecule has 29 heavy (non-hydrogen) atoms. The molecule has 2 aromatic heterocycles. The smallest absolute Gasteiger partial charge is 0.227 e. The number of likely N-dealkylation sites (tertiary alicyclic amines) is 1. The molecule has 4 rings (SSSR count). The summed E-state index contributed by atoms with van der Waals surface area (Å²) in [6, 6.07) is 1.95. The minimum Gasteiger partial charge on any atom is -0.342 e. The van der Waals surface area contributed by atoms with Crippen molar-refractivity contribution >= 4 is 11.8 Å². The predicted molar refractivity (Wildman–Crippen MR) is 107 cm³/mol. The summed E-state index contributed by atoms with van der Waals surface area (Å²) in [6.45, 7) is 8.80. The molecule has 2 atom stereocenters. The van der Waals surface area contributed by atoms with E-state index in [1.54, 1.807) is 6.92 Å². The van der Waals surface area contributed by atoms with Gasteiger partial charge in [0.2, 0.25) is 11.8 Å². The number of carbonyl (C=O) groups excluding carboxylic acids is 2. The molecule has 2 aliphatic heterocycles. The highest BCUT2D eigenvalue weighted by Gasteiger charge is 2.32. The van der Waals surface area contributed by atoms with E-state index in [1.807, 2.05) is 46.8 Å². The molecule has 0 aromatic carbocycles. The van der Waals surface area contributed by atoms with Crippen LogP contribution >= 0.6 is 0 Å². The number of amides is 2. The average molecular weight is 396 g/mol. The molecule has 154 valence electrons. The van der Waals surface area contributed by atoms with Crippen LogP contribution in [0.1, 0.15) is 49.0 Å². The number of aryl methyl sites for hydroxylation is 1. The van der Waals surface area contributed by atoms with Crippen LogP contribution in [0.3, 0.4) is 0 Å². The fraction of sp³-hybridized carbons (Fsp3) is 0.571. The molecule has 0 bridgehead atoms. The summed E-state index contributed by atoms with van der Waals surface area (Å²) in [7, 11) is 0. The van der Waals surface area contributed by atoms with Crippen LogP contribution < -0.4 is 0 Å². The highest BCUT2D eigenvalue weighted by molar-refractivity contribution is 5.78. The van der Waals surface area contributed by atoms with Crippen molar-refractivity contribution in [1.29, 1.82) is 0 Å². The lowest BCUT2D eigenvalue weighted by molar-refractivity contribution is -0.134. The van der Waals surface area contributed by atoms with Gasteiger partial charge in [-0.15, -0.1) is 0 Å². The lowest BCUT2D eigenvalue weighted by atomic mass is 10.0. The van der Waals surface area contributed by atoms with E-state index < -0.39 is 0 Å². The van der Waals surface area contributed by atoms with Crippen molar-refractivity contribution in [3.05, 3.63) is 41.2 Å². The molecule has 2 aliphatic rings. The number of hydrogen-bond donors (Lipinski definition) is 0. The Balaban J connectivity index is 1.38. The molecule has 0 aliphatic carbocycles. The summed E-state index contributed by atoms with van der Waals surface area (Å²) >= 11 is 0. The molecule has 8 heteroatoms. The first-order valence-electron chi connectivity index (χ1n) is 10.3. The fourth-order valence-electron chi connectivity index (χ4n) is 4.20. The molecule has 0 spiro atoms. The number of rotatable bonds is 4. The van der Waals surface area contributed by atoms with Crippen LogP contribution in [0.2, 0.25) is 0 Å². The van der Waals surface area contributed by atoms with E-state index in [-0.39, 0.29) is 23.7 Å². The Bertz CT molecular complexity index is 924. The zero-order chi connectivity index (χ0) is 20.5. The SMILES string of the molecule is CC(=O)N1CCc2nc([C@@H]3CCN(C(=O)[C@H](C)Cn4ccc(C)n4)C3)ncc2C1. The maximum absolute atomic E-state index is 12.9. The molecular weight excluding hydrogens is 368 g/mol. The number of hydrogen-bond acceptors (Lipinski definition) is 5. The Labute approximate surface area is 170 Å². The van der Waals surface area contributed by atoms with E-state index in [4.69, 9.17) is 4.98 Å². The van der Waals surface area contributed by atoms with E-state index in [9.17, 15) is 9.59 Å². The number of carbonyl (C=O) groups is 2. The zero-order valence-electron chi connectivity index (χ0n) is 17.3. The Morgan fingerprint density at radius 3 is 2.83 bits per heavy atom. The second-order valence-electron chi connectivity index (χ2n) is 8.24. The molecule has 2 aromatic rings. The number of fused-ring (bicyclic) bond motifs is 1. The first-order valence-corrected chi connectivity index (χ1v) is 10.3. The van der Waals surface area contributed by atoms with E-state index in [1.165, 1.54) is 0 Å². The van der Waals surface area contributed by atoms with Crippen molar-refractivity contribution in [2.75, 3.05) is 19.6 Å². The van der Waals surface area contributed by atoms with E-state index in [2.05, 4.69) is 10.1 Å². The predicted octanol–water partition coefficient (Wildman–Crippen LogP) is 1.54. The maximum atomic E-state index is 12.9. The second-order valence-corrected chi connectivity index (χ2v) is 8.24. The molecule has 4 heterocycles. The van der Waals surface area contributed by atoms with Gasteiger partial charge in [0.15, 0.2) is 0 Å². The summed E-state index contributed by atoms with van der Waals surface area (Å²) in [5.41, 5.74) is 3.03. The van der Waals surface area contributed by atoms with Crippen LogP contribution in [0.15, 0.2) is 18.5 Å². The minimum absolute atomic E-state index is 0.0871. The summed E-state index contributed by atoms with van der Waals surface area (Å²) in [6.07, 6.45) is 5.43. The quantitative estimate of drug-likeness (QED) is 0.783. The van der Waals surface area contributed by atoms with Gasteiger partial charge in [-0.3, -0.25) is 14.3 Å². The molecule has 0 unspecified atom stereocenters. The van der Waals surface area contributed by atoms with Crippen molar-refractivity contribution in [3.63, 3.8) is 0 Å². The van der Waals surface area contributed by atoms with Gasteiger partial charge in [0.1, 0.15) is 5.82 Å². The van der Waals surface area contributed by atoms with Gasteiger partial charge < -0.3 is 9.80 Å². The fourth-order valence-corrected chi connectivity index (χ4v) is 4.20. The van der Waals surface area contributed by atoms with Crippen molar-refractivity contribution in [2.24, 2.45) is 5.92 Å². The van der Waals surface area contributed by atoms with Crippen molar-refractivity contribution in [2.45, 2.75) is 52.6 Å². The molecule has 0 radical (unpaired) electrons. The van der Waals surface area contributed by atoms with Gasteiger partial charge in [-0.25, -0.2) is 9.97 Å². The monoisotopic (exact) mass is 396 g/mol. The Morgan fingerprint density at radius 2 is 2.10 bits per heavy atom. The third-order valence-corrected chi connectivity index (χ3v) is 5.92. The molecule has 1 fully saturated rings. The van der Waals surface area contributed by atoms with Gasteiger partial charge >= 0.3 is 0 Å². The molecular formula is C21H28N6O2. The highest BCUT2D eigenvalue weighted by Crippen LogP contribution is 2.27. The first kappa shape index (κ1) is 19.5. The van der Waals surface area contributed by atoms with Crippen molar-refractivity contribution in [1.82, 2.24) is 29.5 Å². The summed E-state index contributed by atoms with van der Waals surface area (Å²) < 4.78 is 1.84. The van der Waals surface area contributed by atoms with E-state index >= 15 is 0 Å². The normalized spacial score (nSPS) is 19.9. The maximum Gasteiger partial charge on any atom is 0.227 e. The van der Waals surface area contributed by atoms with Gasteiger partial charge in [0.25, 0.3) is 0 Å². The van der Waals surface area contributed by atoms with Crippen LogP contribution in [-0.4, -0.2) is 61.0 Å². The third-order valence-electron chi connectivity index (χ3n) is 5.92. The van der Waals surface area contributed by atoms with Gasteiger partial charge in [-0.2, -0.15) is 5.10 Å². The van der Waals surface area contributed by atoms with E-state index in [0.717, 1.165) is 42.2 Å². The molecule has 2 amide bonds. The first-order chi connectivity index (χ1) is 13.9. The second kappa shape index (κ2) is 7.93. The lowest BCUT2D eigenvalue weighted by Gasteiger charge is -2.27. The molecule has 0 N–H and O–H groups in total. The van der Waals surface area contributed by atoms with Crippen molar-refractivity contribution < 1.29 is 9.59 Å².